The highest BCUT2D eigenvalue weighted by Gasteiger charge is 2.60. The molecular weight excluding hydrogens is 270 g/mol. The summed E-state index contributed by atoms with van der Waals surface area (Å²) < 4.78 is 52.3. The molecule has 7 nitrogen and oxygen atoms in total. The Hall–Kier alpha value is -0.770. The highest BCUT2D eigenvalue weighted by molar-refractivity contribution is 7.99. The molecule has 0 radical (unpaired) electrons. The van der Waals surface area contributed by atoms with Gasteiger partial charge in [0.05, 0.1) is 0 Å². The maximum absolute atomic E-state index is 11.5. The van der Waals surface area contributed by atoms with Crippen LogP contribution in [0.25, 0.3) is 0 Å². The van der Waals surface area contributed by atoms with Crippen LogP contribution < -0.4 is 5.32 Å². The first-order valence-corrected chi connectivity index (χ1v) is 7.99. The van der Waals surface area contributed by atoms with Crippen LogP contribution in [-0.2, 0) is 29.3 Å². The van der Waals surface area contributed by atoms with E-state index < -0.39 is 48.5 Å². The van der Waals surface area contributed by atoms with Crippen LogP contribution in [0.2, 0.25) is 0 Å². The smallest absolute Gasteiger partial charge is 0.275 e. The van der Waals surface area contributed by atoms with E-state index in [1.165, 1.54) is 6.92 Å². The van der Waals surface area contributed by atoms with Crippen molar-refractivity contribution >= 4 is 26.2 Å². The monoisotopic (exact) mass is 284 g/mol. The van der Waals surface area contributed by atoms with Gasteiger partial charge in [-0.15, -0.1) is 0 Å². The van der Waals surface area contributed by atoms with Crippen molar-refractivity contribution in [2.75, 3.05) is 11.5 Å². The molecule has 98 valence electrons. The maximum atomic E-state index is 11.5. The minimum absolute atomic E-state index is 0.427. The Kier molecular flexibility index (Phi) is 3.50. The van der Waals surface area contributed by atoms with Crippen molar-refractivity contribution in [2.24, 2.45) is 0 Å². The van der Waals surface area contributed by atoms with Crippen molar-refractivity contribution < 1.29 is 26.5 Å². The Morgan fingerprint density at radius 3 is 2.59 bits per heavy atom. The molecule has 1 saturated heterocycles. The minimum Gasteiger partial charge on any atom is -0.341 e. The Labute approximate surface area is 100 Å². The Morgan fingerprint density at radius 2 is 2.18 bits per heavy atom. The number of hydrogen-bond acceptors (Lipinski definition) is 4. The molecule has 1 unspecified atom stereocenters. The summed E-state index contributed by atoms with van der Waals surface area (Å²) in [6, 6.07) is 0. The van der Waals surface area contributed by atoms with Gasteiger partial charge in [0.1, 0.15) is 5.54 Å². The molecule has 0 aromatic carbocycles. The fraction of sp³-hybridized carbons (Fsp3) is 0.625. The van der Waals surface area contributed by atoms with E-state index in [1.54, 1.807) is 0 Å². The number of carbonyl (C=O) groups excluding carboxylic acids is 1. The summed E-state index contributed by atoms with van der Waals surface area (Å²) in [4.78, 5) is 11.2. The molecule has 9 heteroatoms. The first kappa shape index (κ1) is 14.3. The second kappa shape index (κ2) is 4.16. The molecule has 0 saturated carbocycles. The van der Waals surface area contributed by atoms with Gasteiger partial charge < -0.3 is 5.32 Å². The second-order valence-corrected chi connectivity index (χ2v) is 7.96. The maximum Gasteiger partial charge on any atom is 0.275 e. The first-order valence-electron chi connectivity index (χ1n) is 4.63. The number of rotatable bonds is 3. The van der Waals surface area contributed by atoms with E-state index in [2.05, 4.69) is 11.9 Å². The van der Waals surface area contributed by atoms with Gasteiger partial charge in [0.25, 0.3) is 10.1 Å². The van der Waals surface area contributed by atoms with Crippen molar-refractivity contribution in [2.45, 2.75) is 17.7 Å². The lowest BCUT2D eigenvalue weighted by Crippen LogP contribution is -2.56. The lowest BCUT2D eigenvalue weighted by molar-refractivity contribution is -0.117. The Bertz CT molecular complexity index is 498. The van der Waals surface area contributed by atoms with Gasteiger partial charge in [-0.3, -0.25) is 9.35 Å². The molecule has 1 heterocycles. The molecule has 17 heavy (non-hydrogen) atoms. The molecule has 0 aromatic rings. The molecule has 0 aliphatic carbocycles. The molecule has 0 bridgehead atoms. The van der Waals surface area contributed by atoms with Crippen molar-refractivity contribution in [3.63, 3.8) is 0 Å². The summed E-state index contributed by atoms with van der Waals surface area (Å²) in [5, 5.41) is 0.779. The van der Waals surface area contributed by atoms with Crippen LogP contribution in [0, 0.1) is 0 Å². The normalized spacial score (nSPS) is 37.7. The van der Waals surface area contributed by atoms with Crippen LogP contribution in [0.4, 0.5) is 0 Å². The minimum atomic E-state index is -4.52. The average molecular weight is 284 g/mol. The highest BCUT2D eigenvalue weighted by Crippen LogP contribution is 2.31. The van der Waals surface area contributed by atoms with Gasteiger partial charge in [0, 0.05) is 0 Å². The molecule has 3 atom stereocenters. The van der Waals surface area contributed by atoms with Crippen LogP contribution in [-0.4, -0.2) is 45.7 Å². The summed E-state index contributed by atoms with van der Waals surface area (Å²) in [6.45, 7) is 4.50. The van der Waals surface area contributed by atoms with E-state index in [1.807, 2.05) is 0 Å². The van der Waals surface area contributed by atoms with E-state index in [4.69, 9.17) is 4.55 Å². The van der Waals surface area contributed by atoms with Gasteiger partial charge in [0.15, 0.2) is 16.8 Å². The van der Waals surface area contributed by atoms with Crippen molar-refractivity contribution in [3.8, 4) is 0 Å². The fourth-order valence-corrected chi connectivity index (χ4v) is 6.30. The van der Waals surface area contributed by atoms with Crippen molar-refractivity contribution in [1.82, 2.24) is 5.32 Å². The standard InChI is InChI=1S/C8H13NO6S2/c1-3-7(10)9-8(2)5-16(11,12)4-6(8)17(13,14)15/h3,6H,1,4-5H2,2H3,(H2-,9,10,11,12,13,14,15)/p+1/t6-,8-/m1/s1. The summed E-state index contributed by atoms with van der Waals surface area (Å²) in [5.41, 5.74) is -1.48. The van der Waals surface area contributed by atoms with Gasteiger partial charge in [0.2, 0.25) is 16.1 Å². The zero-order chi connectivity index (χ0) is 13.5. The quantitative estimate of drug-likeness (QED) is 0.357. The van der Waals surface area contributed by atoms with Crippen molar-refractivity contribution in [3.05, 3.63) is 12.7 Å². The molecular formula is C8H14NO6S2+. The second-order valence-electron chi connectivity index (χ2n) is 4.20. The van der Waals surface area contributed by atoms with E-state index in [0.29, 0.717) is 0 Å². The molecule has 0 aromatic heterocycles. The van der Waals surface area contributed by atoms with Crippen LogP contribution in [0.1, 0.15) is 6.92 Å². The van der Waals surface area contributed by atoms with Gasteiger partial charge in [-0.2, -0.15) is 13.0 Å². The molecule has 1 aliphatic heterocycles. The number of amides is 1. The molecule has 1 fully saturated rings. The zero-order valence-electron chi connectivity index (χ0n) is 9.12. The third-order valence-electron chi connectivity index (χ3n) is 2.60. The predicted octanol–water partition coefficient (Wildman–Crippen LogP) is -0.710. The van der Waals surface area contributed by atoms with Gasteiger partial charge in [-0.25, -0.2) is 0 Å². The topological polar surface area (TPSA) is 121 Å². The molecule has 1 amide bonds. The third-order valence-corrected chi connectivity index (χ3v) is 6.12. The molecule has 0 spiro atoms. The largest absolute Gasteiger partial charge is 0.341 e. The van der Waals surface area contributed by atoms with Gasteiger partial charge in [-0.05, 0) is 13.0 Å². The number of hydrogen-bond donors (Lipinski definition) is 3. The van der Waals surface area contributed by atoms with Gasteiger partial charge >= 0.3 is 0 Å². The first-order chi connectivity index (χ1) is 7.50. The van der Waals surface area contributed by atoms with Crippen LogP contribution in [0.5, 0.6) is 0 Å². The summed E-state index contributed by atoms with van der Waals surface area (Å²) in [7, 11) is -7.90. The van der Waals surface area contributed by atoms with E-state index in [-0.39, 0.29) is 0 Å². The van der Waals surface area contributed by atoms with E-state index >= 15 is 0 Å². The fourth-order valence-electron chi connectivity index (χ4n) is 1.90. The van der Waals surface area contributed by atoms with Crippen LogP contribution >= 0.6 is 0 Å². The Morgan fingerprint density at radius 1 is 1.65 bits per heavy atom. The number of nitrogens with one attached hydrogen (secondary N) is 1. The zero-order valence-corrected chi connectivity index (χ0v) is 10.8. The van der Waals surface area contributed by atoms with E-state index in [9.17, 15) is 22.0 Å². The molecule has 1 rings (SSSR count). The van der Waals surface area contributed by atoms with Crippen molar-refractivity contribution in [1.29, 1.82) is 0 Å². The highest BCUT2D eigenvalue weighted by atomic mass is 32.3. The molecule has 3 N–H and O–H groups in total. The van der Waals surface area contributed by atoms with Crippen LogP contribution in [0.3, 0.4) is 0 Å². The number of carbonyl (C=O) groups is 1. The SMILES string of the molecule is C=CC(=O)N[C@]1(C)C[S+](=O)(O)C[C@H]1S(=O)(=O)O. The summed E-state index contributed by atoms with van der Waals surface area (Å²) in [6.07, 6.45) is 0.920. The predicted molar refractivity (Wildman–Crippen MR) is 62.5 cm³/mol. The Balaban J connectivity index is 3.15. The van der Waals surface area contributed by atoms with E-state index in [0.717, 1.165) is 6.08 Å². The summed E-state index contributed by atoms with van der Waals surface area (Å²) >= 11 is 0. The third kappa shape index (κ3) is 3.12. The van der Waals surface area contributed by atoms with Crippen LogP contribution in [0.15, 0.2) is 12.7 Å². The average Bonchev–Trinajstić information content (AvgIpc) is 2.35. The lowest BCUT2D eigenvalue weighted by atomic mass is 10.0. The lowest BCUT2D eigenvalue weighted by Gasteiger charge is -2.25. The van der Waals surface area contributed by atoms with Gasteiger partial charge in [-0.1, -0.05) is 10.8 Å². The summed E-state index contributed by atoms with van der Waals surface area (Å²) in [5.74, 6) is -1.69. The molecule has 1 aliphatic rings.